The summed E-state index contributed by atoms with van der Waals surface area (Å²) >= 11 is 0. The first-order valence-electron chi connectivity index (χ1n) is 8.49. The molecule has 0 spiro atoms. The maximum Gasteiger partial charge on any atom is 0.0730 e. The molecule has 19 heavy (non-hydrogen) atoms. The van der Waals surface area contributed by atoms with Crippen molar-refractivity contribution in [3.63, 3.8) is 0 Å². The van der Waals surface area contributed by atoms with Gasteiger partial charge in [0.25, 0.3) is 0 Å². The third kappa shape index (κ3) is 4.46. The van der Waals surface area contributed by atoms with Gasteiger partial charge in [0.1, 0.15) is 0 Å². The lowest BCUT2D eigenvalue weighted by Gasteiger charge is -2.38. The molecule has 2 rings (SSSR count). The highest BCUT2D eigenvalue weighted by atomic mass is 16.5. The Balaban J connectivity index is 1.80. The number of rotatable bonds is 5. The van der Waals surface area contributed by atoms with Crippen LogP contribution in [0.2, 0.25) is 0 Å². The molecule has 0 aliphatic heterocycles. The van der Waals surface area contributed by atoms with Gasteiger partial charge in [0.15, 0.2) is 0 Å². The molecule has 0 heterocycles. The molecule has 2 fully saturated rings. The van der Waals surface area contributed by atoms with Crippen LogP contribution in [-0.4, -0.2) is 25.8 Å². The van der Waals surface area contributed by atoms with E-state index in [9.17, 15) is 0 Å². The molecule has 0 aromatic rings. The zero-order valence-electron chi connectivity index (χ0n) is 13.2. The largest absolute Gasteiger partial charge is 0.376 e. The molecular weight excluding hydrogens is 234 g/mol. The summed E-state index contributed by atoms with van der Waals surface area (Å²) in [5.41, 5.74) is 0. The van der Waals surface area contributed by atoms with Crippen LogP contribution in [-0.2, 0) is 4.74 Å². The molecule has 112 valence electrons. The molecule has 0 amide bonds. The number of hydrogen-bond donors (Lipinski definition) is 1. The monoisotopic (exact) mass is 267 g/mol. The molecule has 3 atom stereocenters. The Morgan fingerprint density at radius 2 is 1.79 bits per heavy atom. The average Bonchev–Trinajstić information content (AvgIpc) is 2.45. The van der Waals surface area contributed by atoms with Crippen molar-refractivity contribution in [2.45, 2.75) is 77.4 Å². The van der Waals surface area contributed by atoms with Crippen molar-refractivity contribution in [1.29, 1.82) is 0 Å². The van der Waals surface area contributed by atoms with Gasteiger partial charge in [0.05, 0.1) is 6.10 Å². The number of ether oxygens (including phenoxy) is 1. The van der Waals surface area contributed by atoms with Crippen molar-refractivity contribution in [2.24, 2.45) is 17.8 Å². The number of hydrogen-bond acceptors (Lipinski definition) is 2. The Kier molecular flexibility index (Phi) is 6.15. The van der Waals surface area contributed by atoms with E-state index in [2.05, 4.69) is 26.2 Å². The van der Waals surface area contributed by atoms with E-state index in [0.717, 1.165) is 24.4 Å². The van der Waals surface area contributed by atoms with E-state index in [0.29, 0.717) is 12.1 Å². The standard InChI is InChI=1S/C17H33NO/c1-13(2)15-9-10-16(18-3)17(11-15)19-12-14-7-5-4-6-8-14/h13-18H,4-12H2,1-3H3. The summed E-state index contributed by atoms with van der Waals surface area (Å²) in [5.74, 6) is 2.50. The van der Waals surface area contributed by atoms with Gasteiger partial charge in [-0.05, 0) is 56.9 Å². The van der Waals surface area contributed by atoms with Gasteiger partial charge in [-0.25, -0.2) is 0 Å². The lowest BCUT2D eigenvalue weighted by atomic mass is 9.78. The van der Waals surface area contributed by atoms with E-state index < -0.39 is 0 Å². The molecule has 0 aromatic carbocycles. The fourth-order valence-corrected chi connectivity index (χ4v) is 3.89. The first-order chi connectivity index (χ1) is 9.20. The minimum absolute atomic E-state index is 0.452. The highest BCUT2D eigenvalue weighted by molar-refractivity contribution is 4.86. The topological polar surface area (TPSA) is 21.3 Å². The van der Waals surface area contributed by atoms with Crippen LogP contribution in [0.25, 0.3) is 0 Å². The van der Waals surface area contributed by atoms with Gasteiger partial charge in [-0.15, -0.1) is 0 Å². The van der Waals surface area contributed by atoms with Gasteiger partial charge >= 0.3 is 0 Å². The van der Waals surface area contributed by atoms with E-state index in [-0.39, 0.29) is 0 Å². The molecule has 3 unspecified atom stereocenters. The summed E-state index contributed by atoms with van der Waals surface area (Å²) < 4.78 is 6.34. The van der Waals surface area contributed by atoms with Crippen LogP contribution in [0.4, 0.5) is 0 Å². The Labute approximate surface area is 119 Å². The Morgan fingerprint density at radius 3 is 2.42 bits per heavy atom. The first kappa shape index (κ1) is 15.3. The molecule has 2 saturated carbocycles. The van der Waals surface area contributed by atoms with Crippen LogP contribution in [0, 0.1) is 17.8 Å². The van der Waals surface area contributed by atoms with Crippen LogP contribution < -0.4 is 5.32 Å². The van der Waals surface area contributed by atoms with Gasteiger partial charge in [0, 0.05) is 12.6 Å². The molecular formula is C17H33NO. The second-order valence-corrected chi connectivity index (χ2v) is 7.09. The molecule has 1 N–H and O–H groups in total. The van der Waals surface area contributed by atoms with Gasteiger partial charge < -0.3 is 10.1 Å². The van der Waals surface area contributed by atoms with Crippen molar-refractivity contribution >= 4 is 0 Å². The first-order valence-corrected chi connectivity index (χ1v) is 8.49. The highest BCUT2D eigenvalue weighted by Gasteiger charge is 2.32. The SMILES string of the molecule is CNC1CCC(C(C)C)CC1OCC1CCCCC1. The number of nitrogens with one attached hydrogen (secondary N) is 1. The van der Waals surface area contributed by atoms with Crippen LogP contribution in [0.1, 0.15) is 65.2 Å². The summed E-state index contributed by atoms with van der Waals surface area (Å²) in [6.45, 7) is 5.73. The molecule has 0 aromatic heterocycles. The fourth-order valence-electron chi connectivity index (χ4n) is 3.89. The summed E-state index contributed by atoms with van der Waals surface area (Å²) in [6.07, 6.45) is 11.4. The van der Waals surface area contributed by atoms with Gasteiger partial charge in [-0.1, -0.05) is 33.1 Å². The molecule has 2 nitrogen and oxygen atoms in total. The zero-order valence-corrected chi connectivity index (χ0v) is 13.2. The minimum atomic E-state index is 0.452. The fraction of sp³-hybridized carbons (Fsp3) is 1.00. The summed E-state index contributed by atoms with van der Waals surface area (Å²) in [4.78, 5) is 0. The summed E-state index contributed by atoms with van der Waals surface area (Å²) in [5, 5.41) is 3.48. The van der Waals surface area contributed by atoms with Crippen molar-refractivity contribution in [3.8, 4) is 0 Å². The third-order valence-corrected chi connectivity index (χ3v) is 5.42. The highest BCUT2D eigenvalue weighted by Crippen LogP contribution is 2.33. The number of likely N-dealkylation sites (N-methyl/N-ethyl adjacent to an activating group) is 1. The zero-order chi connectivity index (χ0) is 13.7. The second kappa shape index (κ2) is 7.64. The summed E-state index contributed by atoms with van der Waals surface area (Å²) in [6, 6.07) is 0.582. The molecule has 2 aliphatic carbocycles. The molecule has 0 saturated heterocycles. The normalized spacial score (nSPS) is 33.8. The average molecular weight is 267 g/mol. The van der Waals surface area contributed by atoms with Crippen molar-refractivity contribution in [3.05, 3.63) is 0 Å². The minimum Gasteiger partial charge on any atom is -0.376 e. The molecule has 2 aliphatic rings. The summed E-state index contributed by atoms with van der Waals surface area (Å²) in [7, 11) is 2.09. The van der Waals surface area contributed by atoms with Crippen LogP contribution >= 0.6 is 0 Å². The van der Waals surface area contributed by atoms with Crippen LogP contribution in [0.15, 0.2) is 0 Å². The lowest BCUT2D eigenvalue weighted by molar-refractivity contribution is -0.0341. The predicted molar refractivity (Wildman–Crippen MR) is 81.3 cm³/mol. The van der Waals surface area contributed by atoms with Gasteiger partial charge in [0.2, 0.25) is 0 Å². The Morgan fingerprint density at radius 1 is 1.05 bits per heavy atom. The molecule has 2 heteroatoms. The maximum atomic E-state index is 6.34. The lowest BCUT2D eigenvalue weighted by Crippen LogP contribution is -2.45. The Hall–Kier alpha value is -0.0800. The van der Waals surface area contributed by atoms with Gasteiger partial charge in [-0.3, -0.25) is 0 Å². The van der Waals surface area contributed by atoms with Crippen LogP contribution in [0.5, 0.6) is 0 Å². The van der Waals surface area contributed by atoms with Crippen molar-refractivity contribution in [2.75, 3.05) is 13.7 Å². The maximum absolute atomic E-state index is 6.34. The molecule has 0 bridgehead atoms. The van der Waals surface area contributed by atoms with Crippen LogP contribution in [0.3, 0.4) is 0 Å². The van der Waals surface area contributed by atoms with E-state index in [1.165, 1.54) is 51.4 Å². The second-order valence-electron chi connectivity index (χ2n) is 7.09. The quantitative estimate of drug-likeness (QED) is 0.813. The molecule has 0 radical (unpaired) electrons. The Bertz CT molecular complexity index is 248. The van der Waals surface area contributed by atoms with Crippen molar-refractivity contribution in [1.82, 2.24) is 5.32 Å². The van der Waals surface area contributed by atoms with E-state index >= 15 is 0 Å². The van der Waals surface area contributed by atoms with Gasteiger partial charge in [-0.2, -0.15) is 0 Å². The predicted octanol–water partition coefficient (Wildman–Crippen LogP) is 4.00. The van der Waals surface area contributed by atoms with E-state index in [1.54, 1.807) is 0 Å². The van der Waals surface area contributed by atoms with Crippen molar-refractivity contribution < 1.29 is 4.74 Å². The third-order valence-electron chi connectivity index (χ3n) is 5.42. The smallest absolute Gasteiger partial charge is 0.0730 e. The van der Waals surface area contributed by atoms with E-state index in [1.807, 2.05) is 0 Å². The van der Waals surface area contributed by atoms with E-state index in [4.69, 9.17) is 4.74 Å².